The topological polar surface area (TPSA) is 15.3 Å². The van der Waals surface area contributed by atoms with Crippen LogP contribution in [0.15, 0.2) is 18.2 Å². The van der Waals surface area contributed by atoms with Gasteiger partial charge in [0.2, 0.25) is 0 Å². The average molecular weight is 287 g/mol. The van der Waals surface area contributed by atoms with E-state index < -0.39 is 0 Å². The molecule has 19 heavy (non-hydrogen) atoms. The first-order valence-corrected chi connectivity index (χ1v) is 6.79. The van der Waals surface area contributed by atoms with Crippen LogP contribution >= 0.6 is 12.4 Å². The Bertz CT molecular complexity index is 392. The first kappa shape index (κ1) is 16.4. The fourth-order valence-corrected chi connectivity index (χ4v) is 2.71. The van der Waals surface area contributed by atoms with E-state index in [4.69, 9.17) is 0 Å². The Morgan fingerprint density at radius 2 is 2.21 bits per heavy atom. The molecule has 1 atom stereocenters. The summed E-state index contributed by atoms with van der Waals surface area (Å²) in [6, 6.07) is 5.07. The zero-order chi connectivity index (χ0) is 13.0. The van der Waals surface area contributed by atoms with E-state index in [1.165, 1.54) is 18.4 Å². The van der Waals surface area contributed by atoms with Gasteiger partial charge in [-0.15, -0.1) is 12.4 Å². The smallest absolute Gasteiger partial charge is 0.123 e. The summed E-state index contributed by atoms with van der Waals surface area (Å²) in [5, 5.41) is 3.45. The maximum Gasteiger partial charge on any atom is 0.123 e. The van der Waals surface area contributed by atoms with Crippen molar-refractivity contribution < 1.29 is 4.39 Å². The van der Waals surface area contributed by atoms with Crippen molar-refractivity contribution in [3.8, 4) is 0 Å². The molecule has 1 saturated heterocycles. The monoisotopic (exact) mass is 286 g/mol. The Kier molecular flexibility index (Phi) is 6.76. The number of nitrogens with zero attached hydrogens (tertiary/aromatic N) is 1. The fraction of sp³-hybridized carbons (Fsp3) is 0.600. The summed E-state index contributed by atoms with van der Waals surface area (Å²) in [7, 11) is 2.15. The lowest BCUT2D eigenvalue weighted by molar-refractivity contribution is 0.237. The van der Waals surface area contributed by atoms with Crippen molar-refractivity contribution in [2.45, 2.75) is 26.3 Å². The first-order valence-electron chi connectivity index (χ1n) is 6.79. The summed E-state index contributed by atoms with van der Waals surface area (Å²) in [6.07, 6.45) is 2.60. The molecule has 2 rings (SSSR count). The van der Waals surface area contributed by atoms with Crippen LogP contribution in [-0.4, -0.2) is 31.6 Å². The molecule has 1 unspecified atom stereocenters. The third kappa shape index (κ3) is 5.09. The van der Waals surface area contributed by atoms with Crippen molar-refractivity contribution in [1.29, 1.82) is 0 Å². The Morgan fingerprint density at radius 1 is 1.42 bits per heavy atom. The molecule has 1 aromatic carbocycles. The predicted octanol–water partition coefficient (Wildman–Crippen LogP) is 2.99. The molecular formula is C15H24ClFN2. The maximum atomic E-state index is 13.0. The summed E-state index contributed by atoms with van der Waals surface area (Å²) in [4.78, 5) is 2.35. The number of hydrogen-bond donors (Lipinski definition) is 1. The quantitative estimate of drug-likeness (QED) is 0.915. The second-order valence-electron chi connectivity index (χ2n) is 5.48. The highest BCUT2D eigenvalue weighted by molar-refractivity contribution is 5.85. The van der Waals surface area contributed by atoms with Gasteiger partial charge in [-0.05, 0) is 69.1 Å². The van der Waals surface area contributed by atoms with Gasteiger partial charge in [0.1, 0.15) is 5.82 Å². The fourth-order valence-electron chi connectivity index (χ4n) is 2.71. The van der Waals surface area contributed by atoms with Crippen molar-refractivity contribution in [3.05, 3.63) is 35.1 Å². The molecule has 1 aromatic rings. The van der Waals surface area contributed by atoms with Gasteiger partial charge >= 0.3 is 0 Å². The van der Waals surface area contributed by atoms with E-state index in [2.05, 4.69) is 17.3 Å². The minimum absolute atomic E-state index is 0. The normalized spacial score (nSPS) is 19.3. The van der Waals surface area contributed by atoms with Gasteiger partial charge < -0.3 is 10.2 Å². The molecular weight excluding hydrogens is 263 g/mol. The molecule has 2 nitrogen and oxygen atoms in total. The van der Waals surface area contributed by atoms with E-state index in [1.807, 2.05) is 13.0 Å². The van der Waals surface area contributed by atoms with Crippen LogP contribution in [0, 0.1) is 18.7 Å². The van der Waals surface area contributed by atoms with E-state index in [0.717, 1.165) is 37.7 Å². The van der Waals surface area contributed by atoms with Crippen molar-refractivity contribution in [2.75, 3.05) is 26.7 Å². The number of halogens is 2. The van der Waals surface area contributed by atoms with Gasteiger partial charge in [-0.3, -0.25) is 0 Å². The summed E-state index contributed by atoms with van der Waals surface area (Å²) >= 11 is 0. The highest BCUT2D eigenvalue weighted by atomic mass is 35.5. The van der Waals surface area contributed by atoms with Gasteiger partial charge in [0.05, 0.1) is 0 Å². The Labute approximate surface area is 121 Å². The van der Waals surface area contributed by atoms with Crippen LogP contribution in [-0.2, 0) is 6.54 Å². The number of aryl methyl sites for hydroxylation is 1. The minimum atomic E-state index is -0.143. The highest BCUT2D eigenvalue weighted by Gasteiger charge is 2.15. The van der Waals surface area contributed by atoms with Crippen molar-refractivity contribution >= 4 is 12.4 Å². The van der Waals surface area contributed by atoms with Crippen LogP contribution in [0.3, 0.4) is 0 Å². The minimum Gasteiger partial charge on any atom is -0.316 e. The molecule has 1 N–H and O–H groups in total. The van der Waals surface area contributed by atoms with Gasteiger partial charge in [-0.25, -0.2) is 4.39 Å². The maximum absolute atomic E-state index is 13.0. The summed E-state index contributed by atoms with van der Waals surface area (Å²) < 4.78 is 13.0. The van der Waals surface area contributed by atoms with Gasteiger partial charge in [0, 0.05) is 13.1 Å². The van der Waals surface area contributed by atoms with E-state index in [0.29, 0.717) is 0 Å². The summed E-state index contributed by atoms with van der Waals surface area (Å²) in [6.45, 7) is 6.30. The molecule has 0 aromatic heterocycles. The third-order valence-electron chi connectivity index (χ3n) is 3.71. The molecule has 0 spiro atoms. The standard InChI is InChI=1S/C15H23FN2.ClH/c1-12-8-15(16)6-5-14(12)11-18(2)10-13-4-3-7-17-9-13;/h5-6,8,13,17H,3-4,7,9-11H2,1-2H3;1H. The zero-order valence-electron chi connectivity index (χ0n) is 11.8. The van der Waals surface area contributed by atoms with Crippen molar-refractivity contribution in [2.24, 2.45) is 5.92 Å². The third-order valence-corrected chi connectivity index (χ3v) is 3.71. The van der Waals surface area contributed by atoms with Gasteiger partial charge in [0.15, 0.2) is 0 Å². The van der Waals surface area contributed by atoms with Gasteiger partial charge in [0.25, 0.3) is 0 Å². The Hall–Kier alpha value is -0.640. The zero-order valence-corrected chi connectivity index (χ0v) is 12.6. The van der Waals surface area contributed by atoms with Crippen molar-refractivity contribution in [3.63, 3.8) is 0 Å². The largest absolute Gasteiger partial charge is 0.316 e. The molecule has 0 radical (unpaired) electrons. The molecule has 1 aliphatic heterocycles. The second kappa shape index (κ2) is 7.83. The Balaban J connectivity index is 0.00000180. The number of rotatable bonds is 4. The molecule has 0 amide bonds. The highest BCUT2D eigenvalue weighted by Crippen LogP contribution is 2.15. The molecule has 1 aliphatic rings. The molecule has 1 heterocycles. The molecule has 0 aliphatic carbocycles. The number of nitrogens with one attached hydrogen (secondary N) is 1. The lowest BCUT2D eigenvalue weighted by Crippen LogP contribution is -2.36. The van der Waals surface area contributed by atoms with E-state index >= 15 is 0 Å². The van der Waals surface area contributed by atoms with Gasteiger partial charge in [-0.2, -0.15) is 0 Å². The SMILES string of the molecule is Cc1cc(F)ccc1CN(C)CC1CCCNC1.Cl. The van der Waals surface area contributed by atoms with Crippen LogP contribution in [0.1, 0.15) is 24.0 Å². The first-order chi connectivity index (χ1) is 8.65. The summed E-state index contributed by atoms with van der Waals surface area (Å²) in [5.74, 6) is 0.611. The molecule has 0 bridgehead atoms. The lowest BCUT2D eigenvalue weighted by atomic mass is 9.99. The van der Waals surface area contributed by atoms with Crippen molar-refractivity contribution in [1.82, 2.24) is 10.2 Å². The molecule has 0 saturated carbocycles. The summed E-state index contributed by atoms with van der Waals surface area (Å²) in [5.41, 5.74) is 2.27. The van der Waals surface area contributed by atoms with E-state index in [9.17, 15) is 4.39 Å². The van der Waals surface area contributed by atoms with Crippen LogP contribution in [0.5, 0.6) is 0 Å². The Morgan fingerprint density at radius 3 is 2.84 bits per heavy atom. The van der Waals surface area contributed by atoms with Crippen LogP contribution in [0.4, 0.5) is 4.39 Å². The molecule has 1 fully saturated rings. The van der Waals surface area contributed by atoms with Crippen LogP contribution in [0.2, 0.25) is 0 Å². The predicted molar refractivity (Wildman–Crippen MR) is 80.3 cm³/mol. The van der Waals surface area contributed by atoms with E-state index in [-0.39, 0.29) is 18.2 Å². The second-order valence-corrected chi connectivity index (χ2v) is 5.48. The average Bonchev–Trinajstić information content (AvgIpc) is 2.34. The molecule has 4 heteroatoms. The number of piperidine rings is 1. The number of benzene rings is 1. The van der Waals surface area contributed by atoms with E-state index in [1.54, 1.807) is 12.1 Å². The molecule has 108 valence electrons. The van der Waals surface area contributed by atoms with Crippen LogP contribution in [0.25, 0.3) is 0 Å². The van der Waals surface area contributed by atoms with Crippen LogP contribution < -0.4 is 5.32 Å². The van der Waals surface area contributed by atoms with Gasteiger partial charge in [-0.1, -0.05) is 6.07 Å². The lowest BCUT2D eigenvalue weighted by Gasteiger charge is -2.28. The number of hydrogen-bond acceptors (Lipinski definition) is 2.